The van der Waals surface area contributed by atoms with E-state index in [1.807, 2.05) is 12.1 Å². The predicted octanol–water partition coefficient (Wildman–Crippen LogP) is 1.34. The van der Waals surface area contributed by atoms with Crippen LogP contribution in [0.15, 0.2) is 53.4 Å². The maximum absolute atomic E-state index is 12.9. The molecule has 2 atom stereocenters. The average Bonchev–Trinajstić information content (AvgIpc) is 2.63. The van der Waals surface area contributed by atoms with Gasteiger partial charge >= 0.3 is 0 Å². The van der Waals surface area contributed by atoms with E-state index in [1.165, 1.54) is 10.4 Å². The molecular weight excluding hydrogens is 342 g/mol. The van der Waals surface area contributed by atoms with Crippen molar-refractivity contribution < 1.29 is 23.4 Å². The van der Waals surface area contributed by atoms with Crippen molar-refractivity contribution in [2.24, 2.45) is 0 Å². The quantitative estimate of drug-likeness (QED) is 0.837. The van der Waals surface area contributed by atoms with Crippen LogP contribution in [0.4, 0.5) is 0 Å². The highest BCUT2D eigenvalue weighted by molar-refractivity contribution is 7.89. The summed E-state index contributed by atoms with van der Waals surface area (Å²) in [5, 5.41) is 20.1. The van der Waals surface area contributed by atoms with Crippen molar-refractivity contribution in [3.8, 4) is 5.75 Å². The average molecular weight is 363 g/mol. The van der Waals surface area contributed by atoms with Crippen molar-refractivity contribution in [3.05, 3.63) is 59.7 Å². The third-order valence-electron chi connectivity index (χ3n) is 4.48. The van der Waals surface area contributed by atoms with Crippen LogP contribution in [-0.2, 0) is 16.4 Å². The topological polar surface area (TPSA) is 87.1 Å². The van der Waals surface area contributed by atoms with Crippen LogP contribution in [0.1, 0.15) is 17.2 Å². The summed E-state index contributed by atoms with van der Waals surface area (Å²) in [6, 6.07) is 13.1. The van der Waals surface area contributed by atoms with Gasteiger partial charge in [-0.05, 0) is 30.2 Å². The minimum Gasteiger partial charge on any atom is -0.497 e. The minimum absolute atomic E-state index is 0.0610. The van der Waals surface area contributed by atoms with Crippen LogP contribution in [0, 0.1) is 0 Å². The second kappa shape index (κ2) is 7.13. The van der Waals surface area contributed by atoms with E-state index in [2.05, 4.69) is 0 Å². The Kier molecular flexibility index (Phi) is 5.10. The number of methoxy groups -OCH3 is 1. The largest absolute Gasteiger partial charge is 0.497 e. The van der Waals surface area contributed by atoms with Crippen LogP contribution in [0.25, 0.3) is 0 Å². The lowest BCUT2D eigenvalue weighted by Gasteiger charge is -2.39. The van der Waals surface area contributed by atoms with E-state index in [0.717, 1.165) is 5.56 Å². The molecule has 0 bridgehead atoms. The SMILES string of the molecule is COc1ccc(CC2C(O)c3ccccc3S(=O)(=O)N2CCO)cc1. The van der Waals surface area contributed by atoms with Gasteiger partial charge in [0, 0.05) is 12.1 Å². The predicted molar refractivity (Wildman–Crippen MR) is 92.9 cm³/mol. The molecule has 6 nitrogen and oxygen atoms in total. The Morgan fingerprint density at radius 2 is 1.80 bits per heavy atom. The first-order valence-corrected chi connectivity index (χ1v) is 9.45. The molecule has 2 N–H and O–H groups in total. The first-order valence-electron chi connectivity index (χ1n) is 8.01. The number of hydrogen-bond acceptors (Lipinski definition) is 5. The van der Waals surface area contributed by atoms with Gasteiger partial charge in [-0.2, -0.15) is 4.31 Å². The number of ether oxygens (including phenoxy) is 1. The second-order valence-corrected chi connectivity index (χ2v) is 7.80. The Labute approximate surface area is 147 Å². The maximum Gasteiger partial charge on any atom is 0.243 e. The first kappa shape index (κ1) is 17.9. The Bertz CT molecular complexity index is 835. The van der Waals surface area contributed by atoms with Gasteiger partial charge in [0.2, 0.25) is 10.0 Å². The maximum atomic E-state index is 12.9. The van der Waals surface area contributed by atoms with Crippen LogP contribution >= 0.6 is 0 Å². The molecule has 2 unspecified atom stereocenters. The number of sulfonamides is 1. The number of benzene rings is 2. The third kappa shape index (κ3) is 3.28. The molecule has 0 fully saturated rings. The Morgan fingerprint density at radius 1 is 1.12 bits per heavy atom. The molecule has 0 saturated carbocycles. The monoisotopic (exact) mass is 363 g/mol. The van der Waals surface area contributed by atoms with Gasteiger partial charge in [0.1, 0.15) is 5.75 Å². The summed E-state index contributed by atoms with van der Waals surface area (Å²) in [6.07, 6.45) is -0.632. The van der Waals surface area contributed by atoms with Crippen LogP contribution in [-0.4, -0.2) is 49.2 Å². The standard InChI is InChI=1S/C18H21NO5S/c1-24-14-8-6-13(7-9-14)12-16-18(21)15-4-2-3-5-17(15)25(22,23)19(16)10-11-20/h2-9,16,18,20-21H,10-12H2,1H3. The van der Waals surface area contributed by atoms with Gasteiger partial charge in [0.15, 0.2) is 0 Å². The van der Waals surface area contributed by atoms with Crippen molar-refractivity contribution in [1.82, 2.24) is 4.31 Å². The van der Waals surface area contributed by atoms with Crippen LogP contribution in [0.2, 0.25) is 0 Å². The van der Waals surface area contributed by atoms with E-state index in [9.17, 15) is 18.6 Å². The lowest BCUT2D eigenvalue weighted by atomic mass is 9.95. The van der Waals surface area contributed by atoms with E-state index in [1.54, 1.807) is 37.4 Å². The summed E-state index contributed by atoms with van der Waals surface area (Å²) in [5.74, 6) is 0.707. The zero-order valence-electron chi connectivity index (χ0n) is 13.9. The molecule has 0 aromatic heterocycles. The summed E-state index contributed by atoms with van der Waals surface area (Å²) >= 11 is 0. The lowest BCUT2D eigenvalue weighted by molar-refractivity contribution is 0.0725. The van der Waals surface area contributed by atoms with E-state index in [-0.39, 0.29) is 18.0 Å². The molecule has 3 rings (SSSR count). The molecule has 7 heteroatoms. The number of fused-ring (bicyclic) bond motifs is 1. The van der Waals surface area contributed by atoms with Gasteiger partial charge in [-0.25, -0.2) is 8.42 Å². The van der Waals surface area contributed by atoms with Crippen molar-refractivity contribution >= 4 is 10.0 Å². The zero-order valence-corrected chi connectivity index (χ0v) is 14.7. The molecule has 0 spiro atoms. The normalized spacial score (nSPS) is 22.4. The van der Waals surface area contributed by atoms with Crippen molar-refractivity contribution in [1.29, 1.82) is 0 Å². The van der Waals surface area contributed by atoms with Crippen LogP contribution in [0.5, 0.6) is 5.75 Å². The molecular formula is C18H21NO5S. The fraction of sp³-hybridized carbons (Fsp3) is 0.333. The first-order chi connectivity index (χ1) is 12.0. The van der Waals surface area contributed by atoms with Gasteiger partial charge in [0.25, 0.3) is 0 Å². The van der Waals surface area contributed by atoms with Crippen LogP contribution in [0.3, 0.4) is 0 Å². The Morgan fingerprint density at radius 3 is 2.44 bits per heavy atom. The molecule has 25 heavy (non-hydrogen) atoms. The number of β-amino-alcohol motifs (C(OH)–C–C–N with tert-alkyl or cyclic N) is 1. The number of hydrogen-bond donors (Lipinski definition) is 2. The van der Waals surface area contributed by atoms with Gasteiger partial charge in [-0.1, -0.05) is 30.3 Å². The highest BCUT2D eigenvalue weighted by atomic mass is 32.2. The molecule has 0 aliphatic carbocycles. The zero-order chi connectivity index (χ0) is 18.0. The van der Waals surface area contributed by atoms with E-state index >= 15 is 0 Å². The van der Waals surface area contributed by atoms with E-state index < -0.39 is 22.2 Å². The highest BCUT2D eigenvalue weighted by Crippen LogP contribution is 2.37. The lowest BCUT2D eigenvalue weighted by Crippen LogP contribution is -2.50. The molecule has 2 aromatic rings. The molecule has 1 aliphatic heterocycles. The van der Waals surface area contributed by atoms with Crippen molar-refractivity contribution in [2.75, 3.05) is 20.3 Å². The third-order valence-corrected chi connectivity index (χ3v) is 6.48. The molecule has 0 saturated heterocycles. The number of rotatable bonds is 5. The van der Waals surface area contributed by atoms with Gasteiger partial charge in [-0.3, -0.25) is 0 Å². The molecule has 2 aromatic carbocycles. The molecule has 0 amide bonds. The number of aliphatic hydroxyl groups is 2. The molecule has 0 radical (unpaired) electrons. The van der Waals surface area contributed by atoms with Gasteiger partial charge in [0.05, 0.1) is 30.8 Å². The molecule has 1 heterocycles. The Balaban J connectivity index is 2.01. The van der Waals surface area contributed by atoms with Crippen molar-refractivity contribution in [2.45, 2.75) is 23.5 Å². The fourth-order valence-corrected chi connectivity index (χ4v) is 5.09. The fourth-order valence-electron chi connectivity index (χ4n) is 3.23. The summed E-state index contributed by atoms with van der Waals surface area (Å²) in [6.45, 7) is -0.373. The molecule has 1 aliphatic rings. The number of nitrogens with zero attached hydrogens (tertiary/aromatic N) is 1. The highest BCUT2D eigenvalue weighted by Gasteiger charge is 2.43. The van der Waals surface area contributed by atoms with Gasteiger partial charge < -0.3 is 14.9 Å². The second-order valence-electron chi connectivity index (χ2n) is 5.94. The summed E-state index contributed by atoms with van der Waals surface area (Å²) < 4.78 is 32.2. The van der Waals surface area contributed by atoms with Gasteiger partial charge in [-0.15, -0.1) is 0 Å². The number of aliphatic hydroxyl groups excluding tert-OH is 2. The summed E-state index contributed by atoms with van der Waals surface area (Å²) in [4.78, 5) is 0.0990. The van der Waals surface area contributed by atoms with E-state index in [0.29, 0.717) is 17.7 Å². The summed E-state index contributed by atoms with van der Waals surface area (Å²) in [5.41, 5.74) is 1.28. The summed E-state index contributed by atoms with van der Waals surface area (Å²) in [7, 11) is -2.20. The van der Waals surface area contributed by atoms with E-state index in [4.69, 9.17) is 4.74 Å². The minimum atomic E-state index is -3.77. The molecule has 134 valence electrons. The van der Waals surface area contributed by atoms with Crippen molar-refractivity contribution in [3.63, 3.8) is 0 Å². The smallest absolute Gasteiger partial charge is 0.243 e. The van der Waals surface area contributed by atoms with Crippen LogP contribution < -0.4 is 4.74 Å². The Hall–Kier alpha value is -1.93.